The second-order valence-corrected chi connectivity index (χ2v) is 4.16. The molecule has 0 spiro atoms. The van der Waals surface area contributed by atoms with Crippen molar-refractivity contribution in [2.24, 2.45) is 0 Å². The molecule has 3 N–H and O–H groups in total. The molecule has 0 radical (unpaired) electrons. The molecule has 72 valence electrons. The van der Waals surface area contributed by atoms with Gasteiger partial charge in [-0.2, -0.15) is 0 Å². The summed E-state index contributed by atoms with van der Waals surface area (Å²) in [6.07, 6.45) is 0. The molecule has 1 aromatic heterocycles. The molecule has 0 aliphatic heterocycles. The van der Waals surface area contributed by atoms with Crippen LogP contribution in [0.4, 0.5) is 10.8 Å². The van der Waals surface area contributed by atoms with Crippen molar-refractivity contribution >= 4 is 45.0 Å². The summed E-state index contributed by atoms with van der Waals surface area (Å²) in [6, 6.07) is 7.73. The molecule has 3 nitrogen and oxygen atoms in total. The number of hydrogen-bond acceptors (Lipinski definition) is 4. The van der Waals surface area contributed by atoms with E-state index in [9.17, 15) is 0 Å². The van der Waals surface area contributed by atoms with E-state index in [1.807, 2.05) is 29.6 Å². The van der Waals surface area contributed by atoms with Gasteiger partial charge in [-0.25, -0.2) is 4.98 Å². The highest BCUT2D eigenvalue weighted by Gasteiger charge is 2.03. The third-order valence-corrected chi connectivity index (χ3v) is 3.40. The van der Waals surface area contributed by atoms with Gasteiger partial charge in [-0.1, -0.05) is 12.1 Å². The van der Waals surface area contributed by atoms with Gasteiger partial charge in [0, 0.05) is 16.6 Å². The van der Waals surface area contributed by atoms with Crippen LogP contribution < -0.4 is 9.26 Å². The zero-order valence-electron chi connectivity index (χ0n) is 7.20. The first-order chi connectivity index (χ1) is 6.79. The highest BCUT2D eigenvalue weighted by molar-refractivity contribution is 14.1. The van der Waals surface area contributed by atoms with Gasteiger partial charge < -0.3 is 9.26 Å². The number of rotatable bonds is 2. The lowest BCUT2D eigenvalue weighted by atomic mass is 10.1. The van der Waals surface area contributed by atoms with Crippen LogP contribution in [0.5, 0.6) is 0 Å². The fraction of sp³-hybridized carbons (Fsp3) is 0. The summed E-state index contributed by atoms with van der Waals surface area (Å²) in [5, 5.41) is 2.92. The zero-order chi connectivity index (χ0) is 9.97. The molecule has 0 bridgehead atoms. The average molecular weight is 317 g/mol. The summed E-state index contributed by atoms with van der Waals surface area (Å²) in [4.78, 5) is 4.38. The highest BCUT2D eigenvalue weighted by atomic mass is 127. The van der Waals surface area contributed by atoms with E-state index in [0.29, 0.717) is 0 Å². The van der Waals surface area contributed by atoms with Gasteiger partial charge in [-0.05, 0) is 12.1 Å². The molecule has 2 aromatic rings. The number of anilines is 2. The molecular weight excluding hydrogens is 309 g/mol. The van der Waals surface area contributed by atoms with Crippen molar-refractivity contribution in [1.29, 1.82) is 0 Å². The molecule has 0 aliphatic rings. The molecule has 5 heteroatoms. The van der Waals surface area contributed by atoms with Crippen molar-refractivity contribution in [1.82, 2.24) is 4.98 Å². The Morgan fingerprint density at radius 2 is 2.29 bits per heavy atom. The smallest absolute Gasteiger partial charge is 0.192 e. The first-order valence-corrected chi connectivity index (χ1v) is 5.93. The molecule has 0 saturated carbocycles. The molecule has 0 fully saturated rings. The topological polar surface area (TPSA) is 50.9 Å². The van der Waals surface area contributed by atoms with E-state index in [1.165, 1.54) is 0 Å². The number of aromatic nitrogens is 1. The summed E-state index contributed by atoms with van der Waals surface area (Å²) in [6.45, 7) is 0. The van der Waals surface area contributed by atoms with Crippen molar-refractivity contribution in [2.45, 2.75) is 0 Å². The van der Waals surface area contributed by atoms with E-state index >= 15 is 0 Å². The Balaban J connectivity index is 2.39. The van der Waals surface area contributed by atoms with Gasteiger partial charge in [0.25, 0.3) is 0 Å². The minimum absolute atomic E-state index is 0.763. The number of thiazole rings is 1. The third-order valence-electron chi connectivity index (χ3n) is 1.77. The maximum absolute atomic E-state index is 5.69. The molecule has 2 rings (SSSR count). The normalized spacial score (nSPS) is 10.1. The molecule has 0 amide bonds. The lowest BCUT2D eigenvalue weighted by molar-refractivity contribution is 1.42. The maximum Gasteiger partial charge on any atom is 0.192 e. The predicted molar refractivity (Wildman–Crippen MR) is 69.6 cm³/mol. The second-order valence-electron chi connectivity index (χ2n) is 2.76. The summed E-state index contributed by atoms with van der Waals surface area (Å²) in [7, 11) is 0. The van der Waals surface area contributed by atoms with Gasteiger partial charge in [0.15, 0.2) is 5.13 Å². The number of nitrogens with zero attached hydrogens (tertiary/aromatic N) is 1. The van der Waals surface area contributed by atoms with Crippen molar-refractivity contribution in [3.05, 3.63) is 29.6 Å². The number of benzene rings is 1. The number of nitrogens with one attached hydrogen (secondary N) is 1. The summed E-state index contributed by atoms with van der Waals surface area (Å²) in [5.41, 5.74) is 8.47. The molecular formula is C9H8IN3S. The minimum atomic E-state index is 0.763. The standard InChI is InChI=1S/C9H8IN3S/c10-13-9-12-8(5-14-9)6-2-1-3-7(11)4-6/h1-5H,11H2,(H,12,13). The first kappa shape index (κ1) is 9.72. The quantitative estimate of drug-likeness (QED) is 0.508. The summed E-state index contributed by atoms with van der Waals surface area (Å²) in [5.74, 6) is 0. The highest BCUT2D eigenvalue weighted by Crippen LogP contribution is 2.26. The van der Waals surface area contributed by atoms with E-state index in [-0.39, 0.29) is 0 Å². The van der Waals surface area contributed by atoms with E-state index < -0.39 is 0 Å². The maximum atomic E-state index is 5.69. The van der Waals surface area contributed by atoms with Gasteiger partial charge >= 0.3 is 0 Å². The molecule has 0 atom stereocenters. The largest absolute Gasteiger partial charge is 0.399 e. The Bertz CT molecular complexity index is 441. The minimum Gasteiger partial charge on any atom is -0.399 e. The number of hydrogen-bond donors (Lipinski definition) is 2. The average Bonchev–Trinajstić information content (AvgIpc) is 2.66. The van der Waals surface area contributed by atoms with Crippen molar-refractivity contribution in [2.75, 3.05) is 9.26 Å². The van der Waals surface area contributed by atoms with Gasteiger partial charge in [-0.3, -0.25) is 0 Å². The molecule has 14 heavy (non-hydrogen) atoms. The lowest BCUT2D eigenvalue weighted by Gasteiger charge is -1.97. The predicted octanol–water partition coefficient (Wildman–Crippen LogP) is 3.15. The first-order valence-electron chi connectivity index (χ1n) is 3.97. The Labute approximate surface area is 99.9 Å². The fourth-order valence-electron chi connectivity index (χ4n) is 1.15. The Kier molecular flexibility index (Phi) is 2.87. The molecule has 0 aliphatic carbocycles. The van der Waals surface area contributed by atoms with Crippen LogP contribution in [-0.4, -0.2) is 4.98 Å². The van der Waals surface area contributed by atoms with Gasteiger partial charge in [-0.15, -0.1) is 11.3 Å². The van der Waals surface area contributed by atoms with E-state index in [0.717, 1.165) is 22.1 Å². The number of halogens is 1. The zero-order valence-corrected chi connectivity index (χ0v) is 10.2. The van der Waals surface area contributed by atoms with E-state index in [4.69, 9.17) is 5.73 Å². The van der Waals surface area contributed by atoms with Crippen LogP contribution >= 0.6 is 34.2 Å². The van der Waals surface area contributed by atoms with Crippen LogP contribution in [-0.2, 0) is 0 Å². The fourth-order valence-corrected chi connectivity index (χ4v) is 2.26. The molecule has 0 saturated heterocycles. The van der Waals surface area contributed by atoms with E-state index in [1.54, 1.807) is 11.3 Å². The molecule has 1 aromatic carbocycles. The molecule has 1 heterocycles. The second kappa shape index (κ2) is 4.14. The molecule has 0 unspecified atom stereocenters. The summed E-state index contributed by atoms with van der Waals surface area (Å²) >= 11 is 3.65. The SMILES string of the molecule is Nc1cccc(-c2csc(NI)n2)c1. The van der Waals surface area contributed by atoms with Crippen LogP contribution in [0.15, 0.2) is 29.6 Å². The number of nitrogens with two attached hydrogens (primary N) is 1. The Morgan fingerprint density at radius 1 is 1.43 bits per heavy atom. The van der Waals surface area contributed by atoms with Gasteiger partial charge in [0.1, 0.15) is 0 Å². The van der Waals surface area contributed by atoms with Crippen LogP contribution in [0.1, 0.15) is 0 Å². The monoisotopic (exact) mass is 317 g/mol. The lowest BCUT2D eigenvalue weighted by Crippen LogP contribution is -1.85. The van der Waals surface area contributed by atoms with Crippen LogP contribution in [0.25, 0.3) is 11.3 Å². The van der Waals surface area contributed by atoms with Crippen LogP contribution in [0.2, 0.25) is 0 Å². The van der Waals surface area contributed by atoms with Crippen molar-refractivity contribution in [3.8, 4) is 11.3 Å². The number of nitrogen functional groups attached to an aromatic ring is 1. The van der Waals surface area contributed by atoms with Crippen LogP contribution in [0.3, 0.4) is 0 Å². The van der Waals surface area contributed by atoms with E-state index in [2.05, 4.69) is 31.4 Å². The Morgan fingerprint density at radius 3 is 2.93 bits per heavy atom. The van der Waals surface area contributed by atoms with Crippen molar-refractivity contribution in [3.63, 3.8) is 0 Å². The van der Waals surface area contributed by atoms with Gasteiger partial charge in [0.05, 0.1) is 28.6 Å². The Hall–Kier alpha value is -0.820. The van der Waals surface area contributed by atoms with Crippen molar-refractivity contribution < 1.29 is 0 Å². The third kappa shape index (κ3) is 1.98. The van der Waals surface area contributed by atoms with Gasteiger partial charge in [0.2, 0.25) is 0 Å². The summed E-state index contributed by atoms with van der Waals surface area (Å²) < 4.78 is 2.98. The van der Waals surface area contributed by atoms with Crippen LogP contribution in [0, 0.1) is 0 Å².